The maximum Gasteiger partial charge on any atom is 0.271 e. The molecular weight excluding hydrogens is 318 g/mol. The van der Waals surface area contributed by atoms with Crippen LogP contribution in [0.15, 0.2) is 30.7 Å². The lowest BCUT2D eigenvalue weighted by atomic mass is 10.0. The number of pyridine rings is 1. The number of rotatable bonds is 6. The number of nitrogens with two attached hydrogens (primary N) is 1. The first-order valence-corrected chi connectivity index (χ1v) is 6.43. The molecule has 1 heterocycles. The summed E-state index contributed by atoms with van der Waals surface area (Å²) in [5, 5.41) is 17.4. The predicted octanol–water partition coefficient (Wildman–Crippen LogP) is 3.05. The highest BCUT2D eigenvalue weighted by Gasteiger charge is 2.35. The minimum Gasteiger partial charge on any atom is -0.502 e. The molecule has 1 aromatic rings. The largest absolute Gasteiger partial charge is 0.502 e. The highest BCUT2D eigenvalue weighted by atomic mass is 19.3. The molecule has 0 spiro atoms. The number of ether oxygens (including phenoxy) is 1. The van der Waals surface area contributed by atoms with Gasteiger partial charge in [-0.2, -0.15) is 5.26 Å². The zero-order valence-electron chi connectivity index (χ0n) is 12.3. The van der Waals surface area contributed by atoms with E-state index in [1.807, 2.05) is 0 Å². The van der Waals surface area contributed by atoms with Gasteiger partial charge in [-0.1, -0.05) is 0 Å². The molecule has 0 saturated heterocycles. The fourth-order valence-electron chi connectivity index (χ4n) is 1.20. The lowest BCUT2D eigenvalue weighted by Gasteiger charge is -2.19. The molecule has 9 heteroatoms. The van der Waals surface area contributed by atoms with Gasteiger partial charge in [0.05, 0.1) is 25.4 Å². The molecule has 0 bridgehead atoms. The molecule has 3 N–H and O–H groups in total. The number of nitrogen functional groups attached to an aromatic ring is 1. The Hall–Kier alpha value is -2.34. The van der Waals surface area contributed by atoms with Crippen LogP contribution in [-0.4, -0.2) is 28.7 Å². The van der Waals surface area contributed by atoms with Crippen LogP contribution in [0.3, 0.4) is 0 Å². The van der Waals surface area contributed by atoms with E-state index in [-0.39, 0.29) is 11.4 Å². The molecule has 128 valence electrons. The number of aliphatic hydroxyl groups is 1. The average Bonchev–Trinajstić information content (AvgIpc) is 2.48. The number of nitriles is 1. The Balaban J connectivity index is 0.000000433. The number of hydrogen-bond donors (Lipinski definition) is 2. The van der Waals surface area contributed by atoms with Crippen molar-refractivity contribution >= 4 is 5.82 Å². The summed E-state index contributed by atoms with van der Waals surface area (Å²) < 4.78 is 52.7. The summed E-state index contributed by atoms with van der Waals surface area (Å²) in [4.78, 5) is 3.57. The predicted molar refractivity (Wildman–Crippen MR) is 75.6 cm³/mol. The SMILES string of the molecule is CCO/C=C/C(O)(CC#N)C(F)F.Nc1cc(C(F)F)ccn1. The molecule has 1 atom stereocenters. The van der Waals surface area contributed by atoms with Crippen molar-refractivity contribution in [2.45, 2.75) is 31.8 Å². The number of anilines is 1. The Kier molecular flexibility index (Phi) is 9.34. The van der Waals surface area contributed by atoms with Crippen LogP contribution in [0.25, 0.3) is 0 Å². The molecule has 0 fully saturated rings. The van der Waals surface area contributed by atoms with Crippen molar-refractivity contribution in [3.8, 4) is 6.07 Å². The quantitative estimate of drug-likeness (QED) is 0.616. The summed E-state index contributed by atoms with van der Waals surface area (Å²) in [6.07, 6.45) is -3.09. The van der Waals surface area contributed by atoms with E-state index in [2.05, 4.69) is 9.72 Å². The van der Waals surface area contributed by atoms with Crippen molar-refractivity contribution in [3.63, 3.8) is 0 Å². The molecule has 0 aliphatic heterocycles. The fourth-order valence-corrected chi connectivity index (χ4v) is 1.20. The second-order valence-electron chi connectivity index (χ2n) is 4.20. The van der Waals surface area contributed by atoms with Gasteiger partial charge in [0.1, 0.15) is 5.82 Å². The van der Waals surface area contributed by atoms with E-state index in [1.165, 1.54) is 18.3 Å². The summed E-state index contributed by atoms with van der Waals surface area (Å²) in [5.74, 6) is 0.123. The number of halogens is 4. The molecule has 0 aliphatic carbocycles. The Morgan fingerprint density at radius 2 is 2.13 bits per heavy atom. The van der Waals surface area contributed by atoms with Crippen molar-refractivity contribution in [2.75, 3.05) is 12.3 Å². The molecule has 5 nitrogen and oxygen atoms in total. The lowest BCUT2D eigenvalue weighted by molar-refractivity contribution is -0.0595. The molecule has 1 unspecified atom stereocenters. The van der Waals surface area contributed by atoms with Crippen molar-refractivity contribution in [1.29, 1.82) is 5.26 Å². The molecule has 23 heavy (non-hydrogen) atoms. The number of aromatic nitrogens is 1. The summed E-state index contributed by atoms with van der Waals surface area (Å²) >= 11 is 0. The van der Waals surface area contributed by atoms with Crippen molar-refractivity contribution < 1.29 is 27.4 Å². The van der Waals surface area contributed by atoms with E-state index in [0.29, 0.717) is 6.61 Å². The Morgan fingerprint density at radius 3 is 2.52 bits per heavy atom. The third-order valence-corrected chi connectivity index (χ3v) is 2.42. The monoisotopic (exact) mass is 335 g/mol. The van der Waals surface area contributed by atoms with Crippen LogP contribution in [0.5, 0.6) is 0 Å². The maximum absolute atomic E-state index is 12.2. The summed E-state index contributed by atoms with van der Waals surface area (Å²) in [5.41, 5.74) is 2.66. The number of hydrogen-bond acceptors (Lipinski definition) is 5. The van der Waals surface area contributed by atoms with Gasteiger partial charge in [0.15, 0.2) is 5.60 Å². The van der Waals surface area contributed by atoms with E-state index in [4.69, 9.17) is 11.0 Å². The smallest absolute Gasteiger partial charge is 0.271 e. The van der Waals surface area contributed by atoms with Gasteiger partial charge in [0.2, 0.25) is 0 Å². The minimum atomic E-state index is -3.00. The van der Waals surface area contributed by atoms with Gasteiger partial charge in [-0.15, -0.1) is 0 Å². The fraction of sp³-hybridized carbons (Fsp3) is 0.429. The number of nitrogens with zero attached hydrogens (tertiary/aromatic N) is 2. The third-order valence-electron chi connectivity index (χ3n) is 2.42. The van der Waals surface area contributed by atoms with E-state index in [1.54, 1.807) is 6.92 Å². The average molecular weight is 335 g/mol. The molecule has 0 saturated carbocycles. The Bertz CT molecular complexity index is 535. The summed E-state index contributed by atoms with van der Waals surface area (Å²) in [6.45, 7) is 2.00. The normalized spacial score (nSPS) is 13.3. The van der Waals surface area contributed by atoms with Gasteiger partial charge in [-0.25, -0.2) is 22.5 Å². The van der Waals surface area contributed by atoms with Gasteiger partial charge in [-0.05, 0) is 25.1 Å². The minimum absolute atomic E-state index is 0.0903. The molecule has 0 amide bonds. The molecule has 1 rings (SSSR count). The van der Waals surface area contributed by atoms with Crippen LogP contribution in [0.2, 0.25) is 0 Å². The molecule has 0 aromatic carbocycles. The van der Waals surface area contributed by atoms with Crippen LogP contribution in [-0.2, 0) is 4.74 Å². The summed E-state index contributed by atoms with van der Waals surface area (Å²) in [7, 11) is 0. The van der Waals surface area contributed by atoms with Gasteiger partial charge in [-0.3, -0.25) is 0 Å². The van der Waals surface area contributed by atoms with E-state index in [9.17, 15) is 22.7 Å². The van der Waals surface area contributed by atoms with E-state index in [0.717, 1.165) is 18.4 Å². The number of alkyl halides is 4. The second kappa shape index (κ2) is 10.4. The maximum atomic E-state index is 12.2. The van der Waals surface area contributed by atoms with Crippen molar-refractivity contribution in [3.05, 3.63) is 36.2 Å². The van der Waals surface area contributed by atoms with Crippen molar-refractivity contribution in [1.82, 2.24) is 4.98 Å². The lowest BCUT2D eigenvalue weighted by Crippen LogP contribution is -2.34. The van der Waals surface area contributed by atoms with Gasteiger partial charge < -0.3 is 15.6 Å². The third kappa shape index (κ3) is 8.01. The summed E-state index contributed by atoms with van der Waals surface area (Å²) in [6, 6.07) is 3.87. The van der Waals surface area contributed by atoms with Crippen LogP contribution in [0, 0.1) is 11.3 Å². The van der Waals surface area contributed by atoms with Gasteiger partial charge in [0, 0.05) is 11.8 Å². The first-order valence-electron chi connectivity index (χ1n) is 6.43. The van der Waals surface area contributed by atoms with Crippen LogP contribution in [0.4, 0.5) is 23.4 Å². The van der Waals surface area contributed by atoms with Crippen molar-refractivity contribution in [2.24, 2.45) is 0 Å². The first-order chi connectivity index (χ1) is 10.8. The van der Waals surface area contributed by atoms with Gasteiger partial charge in [0.25, 0.3) is 12.9 Å². The van der Waals surface area contributed by atoms with E-state index >= 15 is 0 Å². The van der Waals surface area contributed by atoms with E-state index < -0.39 is 24.9 Å². The molecule has 1 aromatic heterocycles. The first kappa shape index (κ1) is 20.7. The molecular formula is C14H17F4N3O2. The van der Waals surface area contributed by atoms with Crippen LogP contribution >= 0.6 is 0 Å². The highest BCUT2D eigenvalue weighted by Crippen LogP contribution is 2.21. The van der Waals surface area contributed by atoms with Crippen LogP contribution < -0.4 is 5.73 Å². The zero-order valence-corrected chi connectivity index (χ0v) is 12.3. The highest BCUT2D eigenvalue weighted by molar-refractivity contribution is 5.32. The Morgan fingerprint density at radius 1 is 1.48 bits per heavy atom. The van der Waals surface area contributed by atoms with Crippen LogP contribution in [0.1, 0.15) is 25.3 Å². The molecule has 0 aliphatic rings. The standard InChI is InChI=1S/C8H11F2NO2.C6H6F2N2/c1-2-13-6-4-8(12,3-5-11)7(9)10;7-6(8)4-1-2-10-5(9)3-4/h4,6-7,12H,2-3H2,1H3;1-3,6H,(H2,9,10)/b6-4+;. The Labute approximate surface area is 131 Å². The second-order valence-corrected chi connectivity index (χ2v) is 4.20. The van der Waals surface area contributed by atoms with Gasteiger partial charge >= 0.3 is 0 Å². The topological polar surface area (TPSA) is 92.2 Å². The molecule has 0 radical (unpaired) electrons. The zero-order chi connectivity index (χ0) is 17.9.